The van der Waals surface area contributed by atoms with Gasteiger partial charge in [-0.25, -0.2) is 9.07 Å². The lowest BCUT2D eigenvalue weighted by Crippen LogP contribution is -2.48. The maximum absolute atomic E-state index is 14.2. The molecule has 2 aromatic carbocycles. The van der Waals surface area contributed by atoms with Crippen molar-refractivity contribution in [2.24, 2.45) is 0 Å². The van der Waals surface area contributed by atoms with E-state index in [1.54, 1.807) is 23.9 Å². The molecule has 1 saturated heterocycles. The summed E-state index contributed by atoms with van der Waals surface area (Å²) in [5, 5.41) is 21.7. The lowest BCUT2D eigenvalue weighted by atomic mass is 10.0. The molecule has 1 fully saturated rings. The fourth-order valence-electron chi connectivity index (χ4n) is 3.98. The van der Waals surface area contributed by atoms with Gasteiger partial charge in [-0.05, 0) is 40.3 Å². The Morgan fingerprint density at radius 3 is 2.68 bits per heavy atom. The van der Waals surface area contributed by atoms with Gasteiger partial charge < -0.3 is 9.64 Å². The molecule has 2 heterocycles. The highest BCUT2D eigenvalue weighted by Crippen LogP contribution is 2.30. The molecule has 0 aliphatic carbocycles. The number of aromatic nitrogens is 4. The number of anilines is 1. The summed E-state index contributed by atoms with van der Waals surface area (Å²) in [7, 11) is 1.64. The molecule has 1 atom stereocenters. The van der Waals surface area contributed by atoms with Crippen molar-refractivity contribution in [1.29, 1.82) is 5.26 Å². The van der Waals surface area contributed by atoms with Crippen molar-refractivity contribution >= 4 is 5.69 Å². The zero-order valence-electron chi connectivity index (χ0n) is 17.4. The first kappa shape index (κ1) is 20.9. The first-order valence-corrected chi connectivity index (χ1v) is 10.2. The number of hydrogen-bond acceptors (Lipinski definition) is 7. The van der Waals surface area contributed by atoms with Crippen molar-refractivity contribution in [3.8, 4) is 6.07 Å². The summed E-state index contributed by atoms with van der Waals surface area (Å²) < 4.78 is 21.2. The van der Waals surface area contributed by atoms with Gasteiger partial charge in [0, 0.05) is 33.3 Å². The molecule has 0 N–H and O–H groups in total. The van der Waals surface area contributed by atoms with Gasteiger partial charge in [0.1, 0.15) is 5.82 Å². The minimum absolute atomic E-state index is 0.210. The van der Waals surface area contributed by atoms with E-state index in [0.29, 0.717) is 56.4 Å². The molecular weight excluding hydrogens is 397 g/mol. The smallest absolute Gasteiger partial charge is 0.173 e. The van der Waals surface area contributed by atoms with Crippen LogP contribution in [0.3, 0.4) is 0 Å². The molecule has 0 radical (unpaired) electrons. The molecule has 3 aromatic rings. The Kier molecular flexibility index (Phi) is 6.50. The number of benzene rings is 2. The predicted molar refractivity (Wildman–Crippen MR) is 113 cm³/mol. The molecule has 1 aliphatic heterocycles. The molecule has 160 valence electrons. The molecule has 0 saturated carbocycles. The van der Waals surface area contributed by atoms with Gasteiger partial charge in [-0.15, -0.1) is 5.10 Å². The number of hydrogen-bond donors (Lipinski definition) is 0. The normalized spacial score (nSPS) is 15.6. The van der Waals surface area contributed by atoms with Gasteiger partial charge in [-0.1, -0.05) is 24.3 Å². The van der Waals surface area contributed by atoms with Crippen molar-refractivity contribution in [1.82, 2.24) is 25.1 Å². The summed E-state index contributed by atoms with van der Waals surface area (Å²) >= 11 is 0. The van der Waals surface area contributed by atoms with Crippen LogP contribution in [0.1, 0.15) is 23.0 Å². The number of tetrazole rings is 1. The van der Waals surface area contributed by atoms with Gasteiger partial charge in [0.15, 0.2) is 5.82 Å². The van der Waals surface area contributed by atoms with Crippen LogP contribution in [0.15, 0.2) is 48.5 Å². The SMILES string of the molecule is COCCn1nnnc1[C@H](c1cccc(C#N)c1)N1CCN(c2ccccc2F)CC1. The Balaban J connectivity index is 1.62. The summed E-state index contributed by atoms with van der Waals surface area (Å²) in [5.74, 6) is 0.490. The lowest BCUT2D eigenvalue weighted by Gasteiger charge is -2.40. The summed E-state index contributed by atoms with van der Waals surface area (Å²) in [5.41, 5.74) is 2.16. The molecule has 1 aromatic heterocycles. The van der Waals surface area contributed by atoms with E-state index in [-0.39, 0.29) is 11.9 Å². The number of ether oxygens (including phenoxy) is 1. The molecule has 0 bridgehead atoms. The van der Waals surface area contributed by atoms with Crippen LogP contribution in [0.2, 0.25) is 0 Å². The van der Waals surface area contributed by atoms with Gasteiger partial charge in [-0.2, -0.15) is 5.26 Å². The van der Waals surface area contributed by atoms with E-state index in [9.17, 15) is 9.65 Å². The lowest BCUT2D eigenvalue weighted by molar-refractivity contribution is 0.171. The summed E-state index contributed by atoms with van der Waals surface area (Å²) in [6, 6.07) is 16.4. The van der Waals surface area contributed by atoms with E-state index in [2.05, 4.69) is 31.4 Å². The fraction of sp³-hybridized carbons (Fsp3) is 0.364. The number of rotatable bonds is 7. The Morgan fingerprint density at radius 1 is 1.13 bits per heavy atom. The van der Waals surface area contributed by atoms with Crippen molar-refractivity contribution in [2.45, 2.75) is 12.6 Å². The number of methoxy groups -OCH3 is 1. The molecule has 4 rings (SSSR count). The number of halogens is 1. The average Bonchev–Trinajstić information content (AvgIpc) is 3.27. The van der Waals surface area contributed by atoms with Gasteiger partial charge in [0.05, 0.1) is 36.5 Å². The summed E-state index contributed by atoms with van der Waals surface area (Å²) in [4.78, 5) is 4.34. The van der Waals surface area contributed by atoms with E-state index < -0.39 is 0 Å². The minimum Gasteiger partial charge on any atom is -0.383 e. The van der Waals surface area contributed by atoms with Crippen molar-refractivity contribution in [3.63, 3.8) is 0 Å². The maximum Gasteiger partial charge on any atom is 0.173 e. The Hall–Kier alpha value is -3.35. The molecule has 1 aliphatic rings. The van der Waals surface area contributed by atoms with Crippen LogP contribution >= 0.6 is 0 Å². The third kappa shape index (κ3) is 4.55. The van der Waals surface area contributed by atoms with Crippen LogP contribution in [0.5, 0.6) is 0 Å². The van der Waals surface area contributed by atoms with Gasteiger partial charge in [0.2, 0.25) is 0 Å². The van der Waals surface area contributed by atoms with Crippen molar-refractivity contribution < 1.29 is 9.13 Å². The molecule has 0 unspecified atom stereocenters. The van der Waals surface area contributed by atoms with Gasteiger partial charge in [-0.3, -0.25) is 4.90 Å². The molecule has 31 heavy (non-hydrogen) atoms. The Bertz CT molecular complexity index is 1060. The standard InChI is InChI=1S/C22H24FN7O/c1-31-14-13-30-22(25-26-27-30)21(18-6-4-5-17(15-18)16-24)29-11-9-28(10-12-29)20-8-3-2-7-19(20)23/h2-8,15,21H,9-14H2,1H3/t21-/m0/s1. The third-order valence-corrected chi connectivity index (χ3v) is 5.52. The van der Waals surface area contributed by atoms with Gasteiger partial charge in [0.25, 0.3) is 0 Å². The van der Waals surface area contributed by atoms with Crippen LogP contribution in [0.4, 0.5) is 10.1 Å². The van der Waals surface area contributed by atoms with E-state index >= 15 is 0 Å². The first-order chi connectivity index (χ1) is 15.2. The molecule has 9 heteroatoms. The summed E-state index contributed by atoms with van der Waals surface area (Å²) in [6.07, 6.45) is 0. The van der Waals surface area contributed by atoms with Gasteiger partial charge >= 0.3 is 0 Å². The second-order valence-corrected chi connectivity index (χ2v) is 7.37. The number of piperazine rings is 1. The van der Waals surface area contributed by atoms with E-state index in [0.717, 1.165) is 5.56 Å². The molecule has 0 spiro atoms. The average molecular weight is 421 g/mol. The zero-order valence-corrected chi connectivity index (χ0v) is 17.4. The highest BCUT2D eigenvalue weighted by molar-refractivity contribution is 5.48. The quantitative estimate of drug-likeness (QED) is 0.579. The van der Waals surface area contributed by atoms with Crippen LogP contribution < -0.4 is 4.90 Å². The summed E-state index contributed by atoms with van der Waals surface area (Å²) in [6.45, 7) is 3.77. The molecular formula is C22H24FN7O. The van der Waals surface area contributed by atoms with Crippen molar-refractivity contribution in [2.75, 3.05) is 44.8 Å². The largest absolute Gasteiger partial charge is 0.383 e. The Morgan fingerprint density at radius 2 is 1.94 bits per heavy atom. The molecule has 0 amide bonds. The van der Waals surface area contributed by atoms with Crippen molar-refractivity contribution in [3.05, 3.63) is 71.3 Å². The third-order valence-electron chi connectivity index (χ3n) is 5.52. The minimum atomic E-state index is -0.220. The van der Waals surface area contributed by atoms with Crippen LogP contribution in [-0.4, -0.2) is 65.0 Å². The number of para-hydroxylation sites is 1. The predicted octanol–water partition coefficient (Wildman–Crippen LogP) is 2.24. The topological polar surface area (TPSA) is 83.1 Å². The van der Waals surface area contributed by atoms with Crippen LogP contribution in [0.25, 0.3) is 0 Å². The highest BCUT2D eigenvalue weighted by Gasteiger charge is 2.31. The Labute approximate surface area is 180 Å². The number of nitriles is 1. The second kappa shape index (κ2) is 9.64. The monoisotopic (exact) mass is 421 g/mol. The maximum atomic E-state index is 14.2. The first-order valence-electron chi connectivity index (χ1n) is 10.2. The van der Waals surface area contributed by atoms with E-state index in [1.165, 1.54) is 6.07 Å². The highest BCUT2D eigenvalue weighted by atomic mass is 19.1. The van der Waals surface area contributed by atoms with E-state index in [1.807, 2.05) is 30.3 Å². The van der Waals surface area contributed by atoms with Crippen LogP contribution in [0, 0.1) is 17.1 Å². The van der Waals surface area contributed by atoms with E-state index in [4.69, 9.17) is 4.74 Å². The molecule has 8 nitrogen and oxygen atoms in total. The van der Waals surface area contributed by atoms with Crippen LogP contribution in [-0.2, 0) is 11.3 Å². The zero-order chi connectivity index (χ0) is 21.6. The second-order valence-electron chi connectivity index (χ2n) is 7.37. The fourth-order valence-corrected chi connectivity index (χ4v) is 3.98. The number of nitrogens with zero attached hydrogens (tertiary/aromatic N) is 7.